The first-order valence-corrected chi connectivity index (χ1v) is 7.33. The quantitative estimate of drug-likeness (QED) is 0.656. The monoisotopic (exact) mass is 268 g/mol. The number of carboxylic acid groups (broad SMARTS) is 1. The molecule has 0 aromatic carbocycles. The van der Waals surface area contributed by atoms with Gasteiger partial charge in [0.2, 0.25) is 5.91 Å². The van der Waals surface area contributed by atoms with Crippen molar-refractivity contribution in [3.8, 4) is 0 Å². The number of amides is 1. The number of rotatable bonds is 9. The first-order valence-electron chi connectivity index (χ1n) is 7.33. The van der Waals surface area contributed by atoms with E-state index in [2.05, 4.69) is 5.32 Å². The van der Waals surface area contributed by atoms with Crippen LogP contribution in [0.5, 0.6) is 0 Å². The molecular weight excluding hydrogens is 244 g/mol. The van der Waals surface area contributed by atoms with Crippen LogP contribution in [0.15, 0.2) is 0 Å². The van der Waals surface area contributed by atoms with Gasteiger partial charge in [0.25, 0.3) is 0 Å². The van der Waals surface area contributed by atoms with Gasteiger partial charge in [-0.25, -0.2) is 0 Å². The van der Waals surface area contributed by atoms with E-state index in [4.69, 9.17) is 5.11 Å². The molecule has 0 bridgehead atoms. The van der Waals surface area contributed by atoms with Crippen molar-refractivity contribution in [1.82, 2.24) is 10.2 Å². The summed E-state index contributed by atoms with van der Waals surface area (Å²) in [5.74, 6) is 0.465. The van der Waals surface area contributed by atoms with Gasteiger partial charge in [-0.05, 0) is 50.5 Å². The Bertz CT molecular complexity index is 326. The van der Waals surface area contributed by atoms with E-state index in [1.54, 1.807) is 4.90 Å². The summed E-state index contributed by atoms with van der Waals surface area (Å²) >= 11 is 0. The molecule has 0 radical (unpaired) electrons. The molecule has 5 nitrogen and oxygen atoms in total. The van der Waals surface area contributed by atoms with Crippen LogP contribution in [0.25, 0.3) is 0 Å². The Labute approximate surface area is 114 Å². The van der Waals surface area contributed by atoms with Crippen molar-refractivity contribution in [2.45, 2.75) is 45.1 Å². The van der Waals surface area contributed by atoms with E-state index in [1.807, 2.05) is 6.92 Å². The molecule has 0 saturated heterocycles. The van der Waals surface area contributed by atoms with Crippen LogP contribution >= 0.6 is 0 Å². The summed E-state index contributed by atoms with van der Waals surface area (Å²) in [4.78, 5) is 24.5. The molecule has 2 aliphatic rings. The second-order valence-corrected chi connectivity index (χ2v) is 5.87. The Morgan fingerprint density at radius 2 is 1.79 bits per heavy atom. The molecule has 0 heterocycles. The normalized spacial score (nSPS) is 18.9. The number of nitrogens with one attached hydrogen (secondary N) is 1. The molecule has 2 saturated carbocycles. The predicted octanol–water partition coefficient (Wildman–Crippen LogP) is 1.09. The van der Waals surface area contributed by atoms with Gasteiger partial charge in [-0.2, -0.15) is 0 Å². The number of carbonyl (C=O) groups excluding carboxylic acids is 1. The average molecular weight is 268 g/mol. The number of carbonyl (C=O) groups is 2. The number of carboxylic acids is 1. The third kappa shape index (κ3) is 4.82. The minimum Gasteiger partial charge on any atom is -0.480 e. The van der Waals surface area contributed by atoms with E-state index in [0.29, 0.717) is 24.4 Å². The maximum absolute atomic E-state index is 12.0. The maximum Gasteiger partial charge on any atom is 0.317 e. The topological polar surface area (TPSA) is 69.6 Å². The van der Waals surface area contributed by atoms with Crippen LogP contribution in [0.4, 0.5) is 0 Å². The van der Waals surface area contributed by atoms with Crippen molar-refractivity contribution in [3.05, 3.63) is 0 Å². The third-order valence-electron chi connectivity index (χ3n) is 3.85. The molecular formula is C14H24N2O3. The van der Waals surface area contributed by atoms with Crippen LogP contribution in [-0.4, -0.2) is 47.6 Å². The highest BCUT2D eigenvalue weighted by Gasteiger charge is 2.42. The Balaban J connectivity index is 1.78. The molecule has 2 fully saturated rings. The van der Waals surface area contributed by atoms with Crippen molar-refractivity contribution >= 4 is 11.9 Å². The summed E-state index contributed by atoms with van der Waals surface area (Å²) in [6, 6.07) is 0.348. The average Bonchev–Trinajstić information content (AvgIpc) is 3.17. The Morgan fingerprint density at radius 3 is 2.21 bits per heavy atom. The number of hydrogen-bond donors (Lipinski definition) is 2. The van der Waals surface area contributed by atoms with Crippen LogP contribution in [0.2, 0.25) is 0 Å². The van der Waals surface area contributed by atoms with Gasteiger partial charge in [0.05, 0.1) is 13.1 Å². The minimum absolute atomic E-state index is 0.0153. The van der Waals surface area contributed by atoms with Crippen LogP contribution in [0, 0.1) is 11.8 Å². The van der Waals surface area contributed by atoms with E-state index in [0.717, 1.165) is 6.42 Å². The van der Waals surface area contributed by atoms with Crippen molar-refractivity contribution in [2.75, 3.05) is 19.6 Å². The van der Waals surface area contributed by atoms with E-state index in [9.17, 15) is 9.59 Å². The lowest BCUT2D eigenvalue weighted by atomic mass is 10.1. The lowest BCUT2D eigenvalue weighted by molar-refractivity contribution is -0.138. The van der Waals surface area contributed by atoms with Crippen molar-refractivity contribution in [2.24, 2.45) is 11.8 Å². The van der Waals surface area contributed by atoms with Gasteiger partial charge in [-0.1, -0.05) is 6.92 Å². The third-order valence-corrected chi connectivity index (χ3v) is 3.85. The summed E-state index contributed by atoms with van der Waals surface area (Å²) in [6.07, 6.45) is 5.78. The molecule has 0 spiro atoms. The van der Waals surface area contributed by atoms with Crippen LogP contribution in [0.3, 0.4) is 0 Å². The van der Waals surface area contributed by atoms with Crippen molar-refractivity contribution < 1.29 is 14.7 Å². The second-order valence-electron chi connectivity index (χ2n) is 5.87. The van der Waals surface area contributed by atoms with Crippen LogP contribution in [0.1, 0.15) is 39.0 Å². The summed E-state index contributed by atoms with van der Waals surface area (Å²) in [7, 11) is 0. The van der Waals surface area contributed by atoms with Gasteiger partial charge in [0, 0.05) is 6.04 Å². The standard InChI is InChI=1S/C14H24N2O3/c1-2-7-16(9-13(18)19)8-12(17)15-14(10-3-4-10)11-5-6-11/h10-11,14H,2-9H2,1H3,(H,15,17)(H,18,19). The van der Waals surface area contributed by atoms with Crippen molar-refractivity contribution in [3.63, 3.8) is 0 Å². The molecule has 19 heavy (non-hydrogen) atoms. The van der Waals surface area contributed by atoms with Gasteiger partial charge in [0.1, 0.15) is 0 Å². The molecule has 0 aliphatic heterocycles. The minimum atomic E-state index is -0.873. The summed E-state index contributed by atoms with van der Waals surface area (Å²) < 4.78 is 0. The lowest BCUT2D eigenvalue weighted by Gasteiger charge is -2.22. The lowest BCUT2D eigenvalue weighted by Crippen LogP contribution is -2.45. The zero-order chi connectivity index (χ0) is 13.8. The highest BCUT2D eigenvalue weighted by Crippen LogP contribution is 2.44. The smallest absolute Gasteiger partial charge is 0.317 e. The highest BCUT2D eigenvalue weighted by molar-refractivity contribution is 5.79. The summed E-state index contributed by atoms with van der Waals surface area (Å²) in [5.41, 5.74) is 0. The molecule has 2 N–H and O–H groups in total. The predicted molar refractivity (Wildman–Crippen MR) is 71.7 cm³/mol. The van der Waals surface area contributed by atoms with Gasteiger partial charge in [0.15, 0.2) is 0 Å². The molecule has 2 aliphatic carbocycles. The second kappa shape index (κ2) is 6.37. The zero-order valence-electron chi connectivity index (χ0n) is 11.6. The number of aliphatic carboxylic acids is 1. The molecule has 0 aromatic rings. The first-order chi connectivity index (χ1) is 9.10. The van der Waals surface area contributed by atoms with Gasteiger partial charge in [-0.3, -0.25) is 14.5 Å². The van der Waals surface area contributed by atoms with Gasteiger partial charge >= 0.3 is 5.97 Å². The largest absolute Gasteiger partial charge is 0.480 e. The van der Waals surface area contributed by atoms with Gasteiger partial charge < -0.3 is 10.4 Å². The molecule has 0 unspecified atom stereocenters. The Hall–Kier alpha value is -1.10. The van der Waals surface area contributed by atoms with Crippen LogP contribution in [-0.2, 0) is 9.59 Å². The maximum atomic E-state index is 12.0. The molecule has 2 rings (SSSR count). The Kier molecular flexibility index (Phi) is 4.80. The molecule has 1 amide bonds. The fourth-order valence-electron chi connectivity index (χ4n) is 2.69. The van der Waals surface area contributed by atoms with Crippen molar-refractivity contribution in [1.29, 1.82) is 0 Å². The fraction of sp³-hybridized carbons (Fsp3) is 0.857. The fourth-order valence-corrected chi connectivity index (χ4v) is 2.69. The highest BCUT2D eigenvalue weighted by atomic mass is 16.4. The summed E-state index contributed by atoms with van der Waals surface area (Å²) in [6.45, 7) is 2.79. The van der Waals surface area contributed by atoms with Gasteiger partial charge in [-0.15, -0.1) is 0 Å². The zero-order valence-corrected chi connectivity index (χ0v) is 11.6. The molecule has 108 valence electrons. The number of hydrogen-bond acceptors (Lipinski definition) is 3. The summed E-state index contributed by atoms with van der Waals surface area (Å²) in [5, 5.41) is 12.0. The van der Waals surface area contributed by atoms with Crippen LogP contribution < -0.4 is 5.32 Å². The van der Waals surface area contributed by atoms with E-state index in [1.165, 1.54) is 25.7 Å². The number of nitrogens with zero attached hydrogens (tertiary/aromatic N) is 1. The molecule has 5 heteroatoms. The van der Waals surface area contributed by atoms with E-state index < -0.39 is 5.97 Å². The molecule has 0 aromatic heterocycles. The van der Waals surface area contributed by atoms with E-state index in [-0.39, 0.29) is 19.0 Å². The molecule has 0 atom stereocenters. The SMILES string of the molecule is CCCN(CC(=O)O)CC(=O)NC(C1CC1)C1CC1. The Morgan fingerprint density at radius 1 is 1.21 bits per heavy atom. The first kappa shape index (κ1) is 14.3. The van der Waals surface area contributed by atoms with E-state index >= 15 is 0 Å².